The molecule has 0 N–H and O–H groups in total. The Hall–Kier alpha value is -2.43. The quantitative estimate of drug-likeness (QED) is 0.122. The van der Waals surface area contributed by atoms with Crippen molar-refractivity contribution in [3.8, 4) is 22.3 Å². The Balaban J connectivity index is 0.000000329. The number of benzene rings is 4. The van der Waals surface area contributed by atoms with E-state index < -0.39 is 18.0 Å². The molecule has 6 aromatic rings. The molecule has 0 aliphatic heterocycles. The van der Waals surface area contributed by atoms with Crippen molar-refractivity contribution in [2.45, 2.75) is 144 Å². The van der Waals surface area contributed by atoms with Crippen LogP contribution in [0, 0.1) is 13.8 Å². The molecule has 0 saturated carbocycles. The Kier molecular flexibility index (Phi) is 18.0. The maximum atomic E-state index is 11.4. The van der Waals surface area contributed by atoms with E-state index in [0.717, 1.165) is 0 Å². The molecule has 0 saturated heterocycles. The SMILES string of the molecule is C[Si](=[Zr+2])CCC(F)(F)F.Cc1c(C(C)(C)C)[cH-]c2cccc(-c3ccc(C(C)(C)C)cc3)c12.Cc1c(C(C)(C)C)[cH-]c2cccc(-c3ccc(C(C)(C)C)cc3)c12.[Cl-].[Cl-]. The molecule has 0 unspecified atom stereocenters. The predicted octanol–water partition coefficient (Wildman–Crippen LogP) is 10.4. The second-order valence-corrected chi connectivity index (χ2v) is 28.3. The molecular formula is C52H65Cl2F3SiZr-2. The second kappa shape index (κ2) is 20.2. The molecule has 0 atom stereocenters. The molecule has 6 rings (SSSR count). The molecule has 0 spiro atoms. The number of halogens is 5. The summed E-state index contributed by atoms with van der Waals surface area (Å²) >= 11 is 1.29. The van der Waals surface area contributed by atoms with Crippen molar-refractivity contribution >= 4 is 27.0 Å². The van der Waals surface area contributed by atoms with E-state index in [1.807, 2.05) is 6.55 Å². The van der Waals surface area contributed by atoms with Gasteiger partial charge in [0.1, 0.15) is 0 Å². The molecule has 0 aromatic heterocycles. The van der Waals surface area contributed by atoms with Crippen LogP contribution in [0.15, 0.2) is 97.1 Å². The zero-order chi connectivity index (χ0) is 42.9. The van der Waals surface area contributed by atoms with Crippen LogP contribution in [0.4, 0.5) is 13.2 Å². The standard InChI is InChI=1S/2C24H29.C4H7F3Si.2ClH.Zr/c2*1-16-21(24(5,6)7)15-18-9-8-10-20(22(16)18)17-11-13-19(14-12-17)23(2,3)4;1-8-3-2-4(5,6)7;;;/h2*8-15H,1-7H3;2-3H2,1H3;2*1H;/q2*-1;;;;+2/p-2. The minimum absolute atomic E-state index is 0. The minimum Gasteiger partial charge on any atom is -1.00 e. The van der Waals surface area contributed by atoms with Gasteiger partial charge in [-0.3, -0.25) is 0 Å². The average Bonchev–Trinajstić information content (AvgIpc) is 3.64. The van der Waals surface area contributed by atoms with E-state index in [-0.39, 0.29) is 46.5 Å². The monoisotopic (exact) mass is 934 g/mol. The normalized spacial score (nSPS) is 12.2. The van der Waals surface area contributed by atoms with Crippen LogP contribution in [0.1, 0.15) is 123 Å². The first-order valence-corrected chi connectivity index (χ1v) is 26.2. The molecule has 0 aliphatic carbocycles. The molecular weight excluding hydrogens is 872 g/mol. The smallest absolute Gasteiger partial charge is 0.0132 e. The average molecular weight is 937 g/mol. The van der Waals surface area contributed by atoms with Crippen molar-refractivity contribution in [3.63, 3.8) is 0 Å². The fourth-order valence-corrected chi connectivity index (χ4v) is 9.26. The van der Waals surface area contributed by atoms with Gasteiger partial charge in [0.25, 0.3) is 0 Å². The van der Waals surface area contributed by atoms with Crippen molar-refractivity contribution in [2.75, 3.05) is 0 Å². The Labute approximate surface area is 382 Å². The summed E-state index contributed by atoms with van der Waals surface area (Å²) in [5, 5.41) is 5.53. The minimum atomic E-state index is -3.93. The number of rotatable bonds is 4. The summed E-state index contributed by atoms with van der Waals surface area (Å²) in [4.78, 5) is 0. The third-order valence-electron chi connectivity index (χ3n) is 10.9. The van der Waals surface area contributed by atoms with Gasteiger partial charge in [0.05, 0.1) is 0 Å². The summed E-state index contributed by atoms with van der Waals surface area (Å²) in [6.45, 7) is 33.8. The van der Waals surface area contributed by atoms with Crippen LogP contribution in [-0.2, 0) is 45.0 Å². The van der Waals surface area contributed by atoms with Crippen LogP contribution >= 0.6 is 0 Å². The van der Waals surface area contributed by atoms with Gasteiger partial charge in [-0.05, 0) is 43.9 Å². The van der Waals surface area contributed by atoms with E-state index in [9.17, 15) is 13.2 Å². The molecule has 0 amide bonds. The first-order chi connectivity index (χ1) is 26.1. The van der Waals surface area contributed by atoms with Gasteiger partial charge in [-0.2, -0.15) is 11.1 Å². The third kappa shape index (κ3) is 13.8. The Morgan fingerprint density at radius 1 is 0.508 bits per heavy atom. The Bertz CT molecular complexity index is 2150. The van der Waals surface area contributed by atoms with Crippen molar-refractivity contribution < 1.29 is 61.3 Å². The van der Waals surface area contributed by atoms with E-state index in [1.165, 1.54) is 101 Å². The van der Waals surface area contributed by atoms with E-state index in [1.54, 1.807) is 0 Å². The molecule has 7 heteroatoms. The van der Waals surface area contributed by atoms with E-state index >= 15 is 0 Å². The van der Waals surface area contributed by atoms with Crippen molar-refractivity contribution in [1.82, 2.24) is 0 Å². The van der Waals surface area contributed by atoms with Gasteiger partial charge >= 0.3 is 67.1 Å². The Morgan fingerprint density at radius 2 is 0.831 bits per heavy atom. The molecule has 0 heterocycles. The summed E-state index contributed by atoms with van der Waals surface area (Å²) in [6.07, 6.45) is -4.51. The summed E-state index contributed by atoms with van der Waals surface area (Å²) in [5.74, 6) is 0. The van der Waals surface area contributed by atoms with Gasteiger partial charge < -0.3 is 24.8 Å². The maximum absolute atomic E-state index is 11.4. The third-order valence-corrected chi connectivity index (χ3v) is 13.7. The molecule has 0 radical (unpaired) electrons. The molecule has 0 fully saturated rings. The van der Waals surface area contributed by atoms with Gasteiger partial charge in [-0.15, -0.1) is 69.1 Å². The maximum Gasteiger partial charge on any atom is -0.0132 e. The molecule has 0 aliphatic rings. The summed E-state index contributed by atoms with van der Waals surface area (Å²) in [6, 6.07) is 36.7. The van der Waals surface area contributed by atoms with Crippen LogP contribution in [0.5, 0.6) is 0 Å². The van der Waals surface area contributed by atoms with E-state index in [4.69, 9.17) is 0 Å². The van der Waals surface area contributed by atoms with Crippen LogP contribution in [-0.4, -0.2) is 11.6 Å². The van der Waals surface area contributed by atoms with E-state index in [2.05, 4.69) is 194 Å². The summed E-state index contributed by atoms with van der Waals surface area (Å²) in [7, 11) is 0. The summed E-state index contributed by atoms with van der Waals surface area (Å²) < 4.78 is 34.3. The van der Waals surface area contributed by atoms with Crippen LogP contribution < -0.4 is 24.8 Å². The molecule has 318 valence electrons. The molecule has 6 aromatic carbocycles. The first kappa shape index (κ1) is 52.7. The zero-order valence-corrected chi connectivity index (χ0v) is 43.0. The molecule has 0 nitrogen and oxygen atoms in total. The number of hydrogen-bond acceptors (Lipinski definition) is 0. The number of alkyl halides is 3. The van der Waals surface area contributed by atoms with Crippen molar-refractivity contribution in [2.24, 2.45) is 0 Å². The number of aryl methyl sites for hydroxylation is 2. The first-order valence-electron chi connectivity index (χ1n) is 20.3. The fraction of sp³-hybridized carbons (Fsp3) is 0.423. The second-order valence-electron chi connectivity index (χ2n) is 20.0. The van der Waals surface area contributed by atoms with Gasteiger partial charge in [0.2, 0.25) is 0 Å². The zero-order valence-electron chi connectivity index (χ0n) is 38.0. The number of hydrogen-bond donors (Lipinski definition) is 0. The van der Waals surface area contributed by atoms with Gasteiger partial charge in [-0.25, -0.2) is 0 Å². The van der Waals surface area contributed by atoms with Crippen LogP contribution in [0.25, 0.3) is 43.8 Å². The topological polar surface area (TPSA) is 0 Å². The Morgan fingerprint density at radius 3 is 1.07 bits per heavy atom. The largest absolute Gasteiger partial charge is 1.00 e. The van der Waals surface area contributed by atoms with Crippen LogP contribution in [0.3, 0.4) is 0 Å². The number of fused-ring (bicyclic) bond motifs is 2. The van der Waals surface area contributed by atoms with Gasteiger partial charge in [0, 0.05) is 0 Å². The summed E-state index contributed by atoms with van der Waals surface area (Å²) in [5.41, 5.74) is 14.0. The van der Waals surface area contributed by atoms with Gasteiger partial charge in [-0.1, -0.05) is 169 Å². The fourth-order valence-electron chi connectivity index (χ4n) is 7.68. The van der Waals surface area contributed by atoms with Crippen molar-refractivity contribution in [1.29, 1.82) is 0 Å². The van der Waals surface area contributed by atoms with Gasteiger partial charge in [0.15, 0.2) is 0 Å². The predicted molar refractivity (Wildman–Crippen MR) is 241 cm³/mol. The van der Waals surface area contributed by atoms with Crippen LogP contribution in [0.2, 0.25) is 12.6 Å². The molecule has 0 bridgehead atoms. The molecule has 59 heavy (non-hydrogen) atoms. The van der Waals surface area contributed by atoms with Crippen molar-refractivity contribution in [3.05, 3.63) is 130 Å². The van der Waals surface area contributed by atoms with E-state index in [0.29, 0.717) is 6.04 Å².